The van der Waals surface area contributed by atoms with Crippen molar-refractivity contribution in [2.45, 2.75) is 25.4 Å². The van der Waals surface area contributed by atoms with Gasteiger partial charge in [0.1, 0.15) is 5.82 Å². The predicted octanol–water partition coefficient (Wildman–Crippen LogP) is 3.21. The summed E-state index contributed by atoms with van der Waals surface area (Å²) in [6, 6.07) is 16.7. The molecule has 6 nitrogen and oxygen atoms in total. The number of rotatable bonds is 6. The lowest BCUT2D eigenvalue weighted by Gasteiger charge is -2.33. The van der Waals surface area contributed by atoms with E-state index in [-0.39, 0.29) is 42.2 Å². The molecule has 1 amide bonds. The normalized spacial score (nSPS) is 15.2. The molecule has 1 aliphatic rings. The fourth-order valence-corrected chi connectivity index (χ4v) is 3.40. The Balaban J connectivity index is 0.00000320. The van der Waals surface area contributed by atoms with E-state index in [0.29, 0.717) is 17.7 Å². The van der Waals surface area contributed by atoms with Crippen molar-refractivity contribution in [3.05, 3.63) is 66.0 Å². The number of carbonyl (C=O) groups is 1. The first-order chi connectivity index (χ1) is 14.1. The largest absolute Gasteiger partial charge is 0.354 e. The number of anilines is 1. The summed E-state index contributed by atoms with van der Waals surface area (Å²) in [5, 5.41) is 9.08. The Bertz CT molecular complexity index is 825. The van der Waals surface area contributed by atoms with Gasteiger partial charge in [-0.3, -0.25) is 14.7 Å². The third kappa shape index (κ3) is 7.91. The summed E-state index contributed by atoms with van der Waals surface area (Å²) >= 11 is 0. The molecular weight excluding hydrogens is 496 g/mol. The van der Waals surface area contributed by atoms with Crippen LogP contribution in [0.15, 0.2) is 59.6 Å². The average molecular weight is 525 g/mol. The summed E-state index contributed by atoms with van der Waals surface area (Å²) in [7, 11) is 1.68. The Hall–Kier alpha value is -2.20. The number of nitrogens with one attached hydrogen (secondary N) is 3. The summed E-state index contributed by atoms with van der Waals surface area (Å²) in [5.74, 6) is -0.0380. The van der Waals surface area contributed by atoms with Crippen molar-refractivity contribution in [3.63, 3.8) is 0 Å². The molecule has 0 radical (unpaired) electrons. The van der Waals surface area contributed by atoms with Crippen molar-refractivity contribution in [1.82, 2.24) is 15.5 Å². The third-order valence-corrected chi connectivity index (χ3v) is 4.93. The fraction of sp³-hybridized carbons (Fsp3) is 0.364. The third-order valence-electron chi connectivity index (χ3n) is 4.93. The predicted molar refractivity (Wildman–Crippen MR) is 130 cm³/mol. The van der Waals surface area contributed by atoms with E-state index in [1.807, 2.05) is 6.07 Å². The molecule has 8 heteroatoms. The van der Waals surface area contributed by atoms with Crippen molar-refractivity contribution in [1.29, 1.82) is 0 Å². The van der Waals surface area contributed by atoms with Crippen molar-refractivity contribution >= 4 is 41.5 Å². The molecular formula is C22H29FIN5O. The second-order valence-electron chi connectivity index (χ2n) is 7.16. The molecule has 2 aromatic rings. The van der Waals surface area contributed by atoms with Gasteiger partial charge in [0.15, 0.2) is 5.96 Å². The van der Waals surface area contributed by atoms with Crippen LogP contribution in [0.3, 0.4) is 0 Å². The molecule has 0 bridgehead atoms. The minimum absolute atomic E-state index is 0. The number of piperidine rings is 1. The van der Waals surface area contributed by atoms with Crippen molar-refractivity contribution in [2.24, 2.45) is 4.99 Å². The van der Waals surface area contributed by atoms with Gasteiger partial charge in [0, 0.05) is 38.4 Å². The summed E-state index contributed by atoms with van der Waals surface area (Å²) in [6.45, 7) is 3.07. The van der Waals surface area contributed by atoms with E-state index in [2.05, 4.69) is 50.1 Å². The topological polar surface area (TPSA) is 68.8 Å². The highest BCUT2D eigenvalue weighted by Crippen LogP contribution is 2.14. The van der Waals surface area contributed by atoms with Gasteiger partial charge in [-0.25, -0.2) is 4.39 Å². The van der Waals surface area contributed by atoms with Crippen LogP contribution >= 0.6 is 24.0 Å². The monoisotopic (exact) mass is 525 g/mol. The average Bonchev–Trinajstić information content (AvgIpc) is 2.73. The highest BCUT2D eigenvalue weighted by molar-refractivity contribution is 14.0. The van der Waals surface area contributed by atoms with Crippen LogP contribution in [0, 0.1) is 5.82 Å². The van der Waals surface area contributed by atoms with Crippen LogP contribution in [0.2, 0.25) is 0 Å². The van der Waals surface area contributed by atoms with Gasteiger partial charge in [-0.2, -0.15) is 0 Å². The second-order valence-corrected chi connectivity index (χ2v) is 7.16. The van der Waals surface area contributed by atoms with Crippen molar-refractivity contribution in [2.75, 3.05) is 32.0 Å². The maximum Gasteiger partial charge on any atom is 0.243 e. The first-order valence-electron chi connectivity index (χ1n) is 9.91. The molecule has 0 atom stereocenters. The number of aliphatic imine (C=N–C) groups is 1. The van der Waals surface area contributed by atoms with E-state index >= 15 is 0 Å². The fourth-order valence-electron chi connectivity index (χ4n) is 3.40. The number of halogens is 2. The molecule has 0 saturated carbocycles. The van der Waals surface area contributed by atoms with Crippen LogP contribution in [0.5, 0.6) is 0 Å². The Morgan fingerprint density at radius 2 is 1.87 bits per heavy atom. The molecule has 0 unspecified atom stereocenters. The van der Waals surface area contributed by atoms with E-state index in [4.69, 9.17) is 0 Å². The van der Waals surface area contributed by atoms with Crippen LogP contribution in [0.25, 0.3) is 0 Å². The molecule has 2 aromatic carbocycles. The number of likely N-dealkylation sites (tertiary alicyclic amines) is 1. The summed E-state index contributed by atoms with van der Waals surface area (Å²) < 4.78 is 13.2. The van der Waals surface area contributed by atoms with Gasteiger partial charge in [0.2, 0.25) is 5.91 Å². The first-order valence-corrected chi connectivity index (χ1v) is 9.91. The molecule has 0 aliphatic carbocycles. The minimum Gasteiger partial charge on any atom is -0.354 e. The van der Waals surface area contributed by atoms with E-state index < -0.39 is 0 Å². The molecule has 3 N–H and O–H groups in total. The van der Waals surface area contributed by atoms with Crippen LogP contribution in [0.4, 0.5) is 10.1 Å². The van der Waals surface area contributed by atoms with E-state index in [1.165, 1.54) is 17.7 Å². The van der Waals surface area contributed by atoms with Crippen LogP contribution in [-0.4, -0.2) is 49.5 Å². The maximum atomic E-state index is 13.2. The molecule has 1 aliphatic heterocycles. The highest BCUT2D eigenvalue weighted by atomic mass is 127. The second kappa shape index (κ2) is 12.5. The van der Waals surface area contributed by atoms with Gasteiger partial charge in [0.05, 0.1) is 6.54 Å². The Kier molecular flexibility index (Phi) is 10.0. The maximum absolute atomic E-state index is 13.2. The lowest BCUT2D eigenvalue weighted by molar-refractivity contribution is -0.115. The Morgan fingerprint density at radius 3 is 2.53 bits per heavy atom. The number of nitrogens with zero attached hydrogens (tertiary/aromatic N) is 2. The van der Waals surface area contributed by atoms with E-state index in [9.17, 15) is 9.18 Å². The van der Waals surface area contributed by atoms with Gasteiger partial charge < -0.3 is 16.0 Å². The zero-order valence-electron chi connectivity index (χ0n) is 17.1. The molecule has 1 fully saturated rings. The molecule has 0 spiro atoms. The number of benzene rings is 2. The summed E-state index contributed by atoms with van der Waals surface area (Å²) in [4.78, 5) is 18.7. The first kappa shape index (κ1) is 24.1. The quantitative estimate of drug-likeness (QED) is 0.308. The van der Waals surface area contributed by atoms with Crippen molar-refractivity contribution in [3.8, 4) is 0 Å². The van der Waals surface area contributed by atoms with Gasteiger partial charge >= 0.3 is 0 Å². The van der Waals surface area contributed by atoms with Crippen LogP contribution in [-0.2, 0) is 11.3 Å². The van der Waals surface area contributed by atoms with Crippen LogP contribution in [0.1, 0.15) is 18.4 Å². The zero-order chi connectivity index (χ0) is 20.5. The summed E-state index contributed by atoms with van der Waals surface area (Å²) in [6.07, 6.45) is 2.03. The van der Waals surface area contributed by atoms with Gasteiger partial charge in [-0.15, -0.1) is 24.0 Å². The Morgan fingerprint density at radius 1 is 1.13 bits per heavy atom. The zero-order valence-corrected chi connectivity index (χ0v) is 19.4. The smallest absolute Gasteiger partial charge is 0.243 e. The number of carbonyl (C=O) groups excluding carboxylic acids is 1. The number of guanidine groups is 1. The van der Waals surface area contributed by atoms with Gasteiger partial charge in [-0.05, 0) is 36.6 Å². The SMILES string of the molecule is CN=C(NCC(=O)Nc1cccc(F)c1)NC1CCN(Cc2ccccc2)CC1.I. The number of hydrogen-bond donors (Lipinski definition) is 3. The summed E-state index contributed by atoms with van der Waals surface area (Å²) in [5.41, 5.74) is 1.77. The standard InChI is InChI=1S/C22H28FN5O.HI/c1-24-22(25-15-21(29)26-20-9-5-8-18(23)14-20)27-19-10-12-28(13-11-19)16-17-6-3-2-4-7-17;/h2-9,14,19H,10-13,15-16H2,1H3,(H,26,29)(H2,24,25,27);1H. The van der Waals surface area contributed by atoms with Gasteiger partial charge in [-0.1, -0.05) is 36.4 Å². The lowest BCUT2D eigenvalue weighted by atomic mass is 10.0. The Labute approximate surface area is 194 Å². The van der Waals surface area contributed by atoms with E-state index in [1.54, 1.807) is 19.2 Å². The molecule has 1 saturated heterocycles. The van der Waals surface area contributed by atoms with Crippen molar-refractivity contribution < 1.29 is 9.18 Å². The van der Waals surface area contributed by atoms with Gasteiger partial charge in [0.25, 0.3) is 0 Å². The van der Waals surface area contributed by atoms with Crippen LogP contribution < -0.4 is 16.0 Å². The highest BCUT2D eigenvalue weighted by Gasteiger charge is 2.20. The molecule has 162 valence electrons. The van der Waals surface area contributed by atoms with E-state index in [0.717, 1.165) is 32.5 Å². The molecule has 3 rings (SSSR count). The molecule has 30 heavy (non-hydrogen) atoms. The number of hydrogen-bond acceptors (Lipinski definition) is 3. The minimum atomic E-state index is -0.383. The lowest BCUT2D eigenvalue weighted by Crippen LogP contribution is -2.49. The number of amides is 1. The molecule has 1 heterocycles. The molecule has 0 aromatic heterocycles.